The van der Waals surface area contributed by atoms with E-state index in [1.807, 2.05) is 29.2 Å². The van der Waals surface area contributed by atoms with Gasteiger partial charge in [-0.2, -0.15) is 5.26 Å². The van der Waals surface area contributed by atoms with E-state index in [-0.39, 0.29) is 25.6 Å². The minimum atomic E-state index is -1.04. The Morgan fingerprint density at radius 2 is 1.73 bits per heavy atom. The van der Waals surface area contributed by atoms with Crippen LogP contribution in [0.4, 0.5) is 0 Å². The number of nitrogens with zero attached hydrogens (tertiary/aromatic N) is 4. The molecule has 2 aliphatic rings. The minimum Gasteiger partial charge on any atom is -0.493 e. The van der Waals surface area contributed by atoms with E-state index in [2.05, 4.69) is 41.9 Å². The molecule has 2 N–H and O–H groups in total. The maximum atomic E-state index is 12.1. The highest BCUT2D eigenvalue weighted by atomic mass is 35.5. The molecule has 1 aromatic heterocycles. The number of β-amino-alcohol motifs (C(OH)–C–C–N with tert-alkyl or cyclic N) is 1. The van der Waals surface area contributed by atoms with Crippen molar-refractivity contribution in [3.05, 3.63) is 105 Å². The molecule has 3 aromatic carbocycles. The molecule has 3 heterocycles. The number of aliphatic hydroxyl groups is 1. The Hall–Kier alpha value is -5.19. The highest BCUT2D eigenvalue weighted by molar-refractivity contribution is 6.32. The molecule has 13 heteroatoms. The number of carboxylic acids is 1. The van der Waals surface area contributed by atoms with Crippen LogP contribution in [0.2, 0.25) is 5.02 Å². The molecule has 0 radical (unpaired) electrons. The fraction of sp³-hybridized carbons (Fsp3) is 0.435. The number of aromatic nitrogens is 1. The normalized spacial score (nSPS) is 18.3. The summed E-state index contributed by atoms with van der Waals surface area (Å²) in [5.74, 6) is 0.532. The first kappa shape index (κ1) is 43.4. The van der Waals surface area contributed by atoms with Gasteiger partial charge in [0.15, 0.2) is 0 Å². The van der Waals surface area contributed by atoms with Gasteiger partial charge in [0.2, 0.25) is 0 Å². The summed E-state index contributed by atoms with van der Waals surface area (Å²) in [5.41, 5.74) is 5.99. The summed E-state index contributed by atoms with van der Waals surface area (Å²) in [6, 6.07) is 19.0. The smallest absolute Gasteiger partial charge is 0.320 e. The molecule has 2 atom stereocenters. The second kappa shape index (κ2) is 20.2. The zero-order valence-electron chi connectivity index (χ0n) is 34.0. The number of benzene rings is 3. The first-order valence-corrected chi connectivity index (χ1v) is 20.6. The topological polar surface area (TPSA) is 155 Å². The maximum absolute atomic E-state index is 12.1. The third-order valence-corrected chi connectivity index (χ3v) is 11.5. The van der Waals surface area contributed by atoms with E-state index in [0.29, 0.717) is 67.8 Å². The summed E-state index contributed by atoms with van der Waals surface area (Å²) in [4.78, 5) is 32.3. The Morgan fingerprint density at radius 3 is 2.51 bits per heavy atom. The zero-order chi connectivity index (χ0) is 41.9. The van der Waals surface area contributed by atoms with Crippen LogP contribution in [0.1, 0.15) is 78.8 Å². The number of ether oxygens (including phenoxy) is 4. The average molecular weight is 825 g/mol. The number of esters is 1. The molecule has 312 valence electrons. The molecule has 12 nitrogen and oxygen atoms in total. The number of nitriles is 1. The molecule has 2 aliphatic heterocycles. The Bertz CT molecular complexity index is 2160. The molecule has 0 bridgehead atoms. The van der Waals surface area contributed by atoms with Crippen LogP contribution < -0.4 is 14.2 Å². The van der Waals surface area contributed by atoms with Gasteiger partial charge in [-0.15, -0.1) is 0 Å². The van der Waals surface area contributed by atoms with Crippen molar-refractivity contribution in [2.24, 2.45) is 0 Å². The van der Waals surface area contributed by atoms with Crippen molar-refractivity contribution in [2.75, 3.05) is 39.4 Å². The van der Waals surface area contributed by atoms with E-state index >= 15 is 0 Å². The van der Waals surface area contributed by atoms with Crippen molar-refractivity contribution >= 4 is 23.5 Å². The van der Waals surface area contributed by atoms with Gasteiger partial charge in [-0.25, -0.2) is 0 Å². The number of aliphatic carboxylic acids is 1. The Labute approximate surface area is 351 Å². The van der Waals surface area contributed by atoms with Crippen LogP contribution in [0, 0.1) is 25.2 Å². The summed E-state index contributed by atoms with van der Waals surface area (Å²) in [6.45, 7) is 9.99. The number of carboxylic acid groups (broad SMARTS) is 1. The van der Waals surface area contributed by atoms with Gasteiger partial charge in [-0.3, -0.25) is 19.5 Å². The molecular formula is C46H53ClN4O8. The molecule has 2 saturated heterocycles. The Kier molecular flexibility index (Phi) is 14.8. The molecule has 6 rings (SSSR count). The van der Waals surface area contributed by atoms with E-state index in [0.717, 1.165) is 77.0 Å². The van der Waals surface area contributed by atoms with Gasteiger partial charge in [-0.1, -0.05) is 48.4 Å². The van der Waals surface area contributed by atoms with Crippen molar-refractivity contribution in [1.82, 2.24) is 14.8 Å². The van der Waals surface area contributed by atoms with Crippen molar-refractivity contribution in [3.8, 4) is 34.4 Å². The molecule has 0 aliphatic carbocycles. The fourth-order valence-corrected chi connectivity index (χ4v) is 8.23. The quantitative estimate of drug-likeness (QED) is 0.0749. The second-order valence-corrected chi connectivity index (χ2v) is 15.8. The number of piperidine rings is 1. The van der Waals surface area contributed by atoms with Crippen LogP contribution in [-0.4, -0.2) is 88.0 Å². The molecule has 2 fully saturated rings. The predicted molar refractivity (Wildman–Crippen MR) is 223 cm³/mol. The number of likely N-dealkylation sites (tertiary alicyclic amines) is 2. The van der Waals surface area contributed by atoms with Gasteiger partial charge >= 0.3 is 11.9 Å². The lowest BCUT2D eigenvalue weighted by Crippen LogP contribution is -2.44. The molecule has 1 unspecified atom stereocenters. The summed E-state index contributed by atoms with van der Waals surface area (Å²) in [5, 5.41) is 30.5. The molecule has 59 heavy (non-hydrogen) atoms. The van der Waals surface area contributed by atoms with Gasteiger partial charge < -0.3 is 34.1 Å². The number of hydrogen-bond donors (Lipinski definition) is 2. The lowest BCUT2D eigenvalue weighted by Gasteiger charge is -2.33. The van der Waals surface area contributed by atoms with Crippen LogP contribution in [0.3, 0.4) is 0 Å². The number of carbonyl (C=O) groups is 2. The summed E-state index contributed by atoms with van der Waals surface area (Å²) in [6.07, 6.45) is 6.81. The van der Waals surface area contributed by atoms with Crippen molar-refractivity contribution in [2.45, 2.75) is 90.7 Å². The van der Waals surface area contributed by atoms with Gasteiger partial charge in [0, 0.05) is 55.8 Å². The number of pyridine rings is 1. The Balaban J connectivity index is 1.13. The zero-order valence-corrected chi connectivity index (χ0v) is 34.8. The number of carbonyl (C=O) groups excluding carboxylic acids is 1. The second-order valence-electron chi connectivity index (χ2n) is 15.4. The molecule has 4 aromatic rings. The first-order valence-electron chi connectivity index (χ1n) is 20.3. The maximum Gasteiger partial charge on any atom is 0.320 e. The van der Waals surface area contributed by atoms with E-state index in [4.69, 9.17) is 30.5 Å². The third-order valence-electron chi connectivity index (χ3n) is 11.2. The first-order chi connectivity index (χ1) is 28.5. The van der Waals surface area contributed by atoms with Crippen LogP contribution in [0.5, 0.6) is 17.2 Å². The largest absolute Gasteiger partial charge is 0.493 e. The third kappa shape index (κ3) is 11.3. The molecular weight excluding hydrogens is 772 g/mol. The van der Waals surface area contributed by atoms with Gasteiger partial charge in [-0.05, 0) is 99.0 Å². The van der Waals surface area contributed by atoms with Crippen LogP contribution in [0.15, 0.2) is 67.0 Å². The SMILES string of the molecule is CCOC(=O)CC1(O)CCN(CCCOc2cccc(-c3cccc(COc4cc(OCc5cncc(C#N)c5)c(CN5CCCC[C@H]5C(=O)O)cc4Cl)c3C)c2C)C1. The number of hydrogen-bond acceptors (Lipinski definition) is 11. The molecule has 0 saturated carbocycles. The summed E-state index contributed by atoms with van der Waals surface area (Å²) >= 11 is 6.87. The highest BCUT2D eigenvalue weighted by Gasteiger charge is 2.38. The summed E-state index contributed by atoms with van der Waals surface area (Å²) < 4.78 is 24.0. The van der Waals surface area contributed by atoms with Crippen molar-refractivity contribution < 1.29 is 38.7 Å². The van der Waals surface area contributed by atoms with E-state index < -0.39 is 17.6 Å². The fourth-order valence-electron chi connectivity index (χ4n) is 7.99. The van der Waals surface area contributed by atoms with Crippen LogP contribution in [0.25, 0.3) is 11.1 Å². The Morgan fingerprint density at radius 1 is 0.949 bits per heavy atom. The highest BCUT2D eigenvalue weighted by Crippen LogP contribution is 2.37. The standard InChI is InChI=1S/C46H53ClN4O8/c1-4-56-44(52)23-46(55)15-18-50(30-46)16-9-19-57-41-14-8-12-38(32(41)3)37-11-7-10-35(31(37)2)29-59-43-22-42(58-28-34-20-33(24-48)25-49-26-34)36(21-39(43)47)27-51-17-6-5-13-40(51)45(53)54/h7-8,10-12,14,20-22,25-26,40,55H,4-6,9,13,15-19,23,27-30H2,1-3H3,(H,53,54)/t40-,46?/m0/s1. The predicted octanol–water partition coefficient (Wildman–Crippen LogP) is 7.65. The van der Waals surface area contributed by atoms with E-state index in [1.54, 1.807) is 31.3 Å². The lowest BCUT2D eigenvalue weighted by atomic mass is 9.93. The monoisotopic (exact) mass is 824 g/mol. The van der Waals surface area contributed by atoms with Crippen LogP contribution in [-0.2, 0) is 34.1 Å². The van der Waals surface area contributed by atoms with Crippen molar-refractivity contribution in [1.29, 1.82) is 5.26 Å². The van der Waals surface area contributed by atoms with Crippen LogP contribution >= 0.6 is 11.6 Å². The van der Waals surface area contributed by atoms with Gasteiger partial charge in [0.25, 0.3) is 0 Å². The van der Waals surface area contributed by atoms with Gasteiger partial charge in [0.05, 0.1) is 35.8 Å². The lowest BCUT2D eigenvalue weighted by molar-refractivity contribution is -0.148. The molecule has 0 spiro atoms. The van der Waals surface area contributed by atoms with Gasteiger partial charge in [0.1, 0.15) is 42.6 Å². The average Bonchev–Trinajstić information content (AvgIpc) is 3.59. The van der Waals surface area contributed by atoms with Crippen molar-refractivity contribution in [3.63, 3.8) is 0 Å². The minimum absolute atomic E-state index is 0.0137. The number of rotatable bonds is 18. The number of halogens is 1. The van der Waals surface area contributed by atoms with E-state index in [9.17, 15) is 25.1 Å². The summed E-state index contributed by atoms with van der Waals surface area (Å²) in [7, 11) is 0. The molecule has 0 amide bonds. The van der Waals surface area contributed by atoms with E-state index in [1.165, 1.54) is 6.20 Å².